The second-order valence-corrected chi connectivity index (χ2v) is 6.99. The highest BCUT2D eigenvalue weighted by atomic mass is 35.5. The minimum absolute atomic E-state index is 0.105. The van der Waals surface area contributed by atoms with Crippen molar-refractivity contribution in [3.05, 3.63) is 29.3 Å². The maximum Gasteiger partial charge on any atom is 0.329 e. The van der Waals surface area contributed by atoms with E-state index in [9.17, 15) is 19.5 Å². The van der Waals surface area contributed by atoms with Crippen molar-refractivity contribution in [3.63, 3.8) is 0 Å². The van der Waals surface area contributed by atoms with Crippen LogP contribution in [-0.4, -0.2) is 46.4 Å². The Kier molecular flexibility index (Phi) is 4.25. The first-order valence-electron chi connectivity index (χ1n) is 7.94. The number of nitrogens with zero attached hydrogens (tertiary/aromatic N) is 2. The number of anilines is 1. The second-order valence-electron chi connectivity index (χ2n) is 6.55. The molecule has 2 amide bonds. The highest BCUT2D eigenvalue weighted by molar-refractivity contribution is 6.30. The van der Waals surface area contributed by atoms with Crippen molar-refractivity contribution in [2.24, 2.45) is 5.92 Å². The zero-order valence-corrected chi connectivity index (χ0v) is 14.1. The van der Waals surface area contributed by atoms with Gasteiger partial charge in [-0.3, -0.25) is 9.59 Å². The largest absolute Gasteiger partial charge is 0.480 e. The van der Waals surface area contributed by atoms with Gasteiger partial charge < -0.3 is 14.9 Å². The molecule has 128 valence electrons. The Morgan fingerprint density at radius 3 is 2.58 bits per heavy atom. The summed E-state index contributed by atoms with van der Waals surface area (Å²) >= 11 is 5.86. The van der Waals surface area contributed by atoms with Gasteiger partial charge in [-0.25, -0.2) is 4.79 Å². The zero-order valence-electron chi connectivity index (χ0n) is 13.4. The Balaban J connectivity index is 1.77. The van der Waals surface area contributed by atoms with Crippen LogP contribution >= 0.6 is 11.6 Å². The predicted octanol–water partition coefficient (Wildman–Crippen LogP) is 2.16. The van der Waals surface area contributed by atoms with Crippen LogP contribution in [0.1, 0.15) is 26.2 Å². The Hall–Kier alpha value is -2.08. The van der Waals surface area contributed by atoms with Crippen molar-refractivity contribution >= 4 is 35.1 Å². The van der Waals surface area contributed by atoms with Gasteiger partial charge in [0.2, 0.25) is 11.8 Å². The molecule has 0 spiro atoms. The van der Waals surface area contributed by atoms with E-state index in [0.29, 0.717) is 30.1 Å². The molecule has 0 radical (unpaired) electrons. The standard InChI is InChI=1S/C17H19ClN2O4/c1-17(16(23)24)7-2-8-20(17)15(22)11-9-14(21)19(10-11)13-5-3-12(18)4-6-13/h3-6,11H,2,7-10H2,1H3,(H,23,24). The molecule has 1 N–H and O–H groups in total. The van der Waals surface area contributed by atoms with Gasteiger partial charge in [-0.2, -0.15) is 0 Å². The molecule has 0 aromatic heterocycles. The lowest BCUT2D eigenvalue weighted by molar-refractivity contribution is -0.156. The first-order chi connectivity index (χ1) is 11.3. The van der Waals surface area contributed by atoms with Crippen LogP contribution in [0.4, 0.5) is 5.69 Å². The number of carboxylic acid groups (broad SMARTS) is 1. The highest BCUT2D eigenvalue weighted by Gasteiger charge is 2.49. The second kappa shape index (κ2) is 6.09. The summed E-state index contributed by atoms with van der Waals surface area (Å²) in [5, 5.41) is 10.0. The fourth-order valence-electron chi connectivity index (χ4n) is 3.50. The molecule has 1 aromatic carbocycles. The molecule has 2 heterocycles. The molecular weight excluding hydrogens is 332 g/mol. The van der Waals surface area contributed by atoms with Crippen LogP contribution in [0.25, 0.3) is 0 Å². The number of halogens is 1. The van der Waals surface area contributed by atoms with E-state index in [2.05, 4.69) is 0 Å². The molecular formula is C17H19ClN2O4. The Labute approximate surface area is 145 Å². The minimum Gasteiger partial charge on any atom is -0.480 e. The quantitative estimate of drug-likeness (QED) is 0.906. The number of hydrogen-bond acceptors (Lipinski definition) is 3. The van der Waals surface area contributed by atoms with E-state index in [0.717, 1.165) is 0 Å². The fraction of sp³-hybridized carbons (Fsp3) is 0.471. The maximum absolute atomic E-state index is 12.8. The van der Waals surface area contributed by atoms with E-state index >= 15 is 0 Å². The molecule has 0 bridgehead atoms. The van der Waals surface area contributed by atoms with Gasteiger partial charge in [-0.05, 0) is 44.0 Å². The predicted molar refractivity (Wildman–Crippen MR) is 88.9 cm³/mol. The van der Waals surface area contributed by atoms with Crippen LogP contribution < -0.4 is 4.90 Å². The number of carbonyl (C=O) groups excluding carboxylic acids is 2. The SMILES string of the molecule is CC1(C(=O)O)CCCN1C(=O)C1CC(=O)N(c2ccc(Cl)cc2)C1. The number of amides is 2. The summed E-state index contributed by atoms with van der Waals surface area (Å²) in [6, 6.07) is 6.87. The van der Waals surface area contributed by atoms with Crippen LogP contribution in [-0.2, 0) is 14.4 Å². The van der Waals surface area contributed by atoms with Gasteiger partial charge in [0.1, 0.15) is 5.54 Å². The average molecular weight is 351 g/mol. The summed E-state index contributed by atoms with van der Waals surface area (Å²) in [6.45, 7) is 2.27. The van der Waals surface area contributed by atoms with Gasteiger partial charge in [0, 0.05) is 30.2 Å². The molecule has 2 atom stereocenters. The van der Waals surface area contributed by atoms with E-state index in [1.54, 1.807) is 36.1 Å². The lowest BCUT2D eigenvalue weighted by atomic mass is 9.97. The van der Waals surface area contributed by atoms with Crippen molar-refractivity contribution in [2.45, 2.75) is 31.7 Å². The molecule has 1 aromatic rings. The van der Waals surface area contributed by atoms with Crippen molar-refractivity contribution in [3.8, 4) is 0 Å². The summed E-state index contributed by atoms with van der Waals surface area (Å²) < 4.78 is 0. The Morgan fingerprint density at radius 1 is 1.29 bits per heavy atom. The number of hydrogen-bond donors (Lipinski definition) is 1. The average Bonchev–Trinajstić information content (AvgIpc) is 3.12. The summed E-state index contributed by atoms with van der Waals surface area (Å²) in [5.74, 6) is -1.88. The molecule has 2 aliphatic heterocycles. The molecule has 2 saturated heterocycles. The number of rotatable bonds is 3. The Bertz CT molecular complexity index is 690. The van der Waals surface area contributed by atoms with Crippen LogP contribution in [0.5, 0.6) is 0 Å². The van der Waals surface area contributed by atoms with Gasteiger partial charge in [-0.15, -0.1) is 0 Å². The topological polar surface area (TPSA) is 77.9 Å². The summed E-state index contributed by atoms with van der Waals surface area (Å²) in [6.07, 6.45) is 1.21. The maximum atomic E-state index is 12.8. The monoisotopic (exact) mass is 350 g/mol. The summed E-state index contributed by atoms with van der Waals surface area (Å²) in [4.78, 5) is 39.6. The normalized spacial score (nSPS) is 26.9. The van der Waals surface area contributed by atoms with Gasteiger partial charge in [-0.1, -0.05) is 11.6 Å². The summed E-state index contributed by atoms with van der Waals surface area (Å²) in [5.41, 5.74) is -0.476. The third-order valence-electron chi connectivity index (χ3n) is 4.98. The van der Waals surface area contributed by atoms with Gasteiger partial charge >= 0.3 is 5.97 Å². The number of carboxylic acids is 1. The number of likely N-dealkylation sites (tertiary alicyclic amines) is 1. The first kappa shape index (κ1) is 16.8. The minimum atomic E-state index is -1.17. The van der Waals surface area contributed by atoms with E-state index in [4.69, 9.17) is 11.6 Å². The van der Waals surface area contributed by atoms with Crippen molar-refractivity contribution in [2.75, 3.05) is 18.0 Å². The van der Waals surface area contributed by atoms with Gasteiger partial charge in [0.25, 0.3) is 0 Å². The van der Waals surface area contributed by atoms with Crippen LogP contribution in [0, 0.1) is 5.92 Å². The van der Waals surface area contributed by atoms with Crippen LogP contribution in [0.15, 0.2) is 24.3 Å². The summed E-state index contributed by atoms with van der Waals surface area (Å²) in [7, 11) is 0. The lowest BCUT2D eigenvalue weighted by Crippen LogP contribution is -2.52. The van der Waals surface area contributed by atoms with Crippen LogP contribution in [0.2, 0.25) is 5.02 Å². The molecule has 0 saturated carbocycles. The Morgan fingerprint density at radius 2 is 1.96 bits per heavy atom. The van der Waals surface area contributed by atoms with Crippen molar-refractivity contribution in [1.82, 2.24) is 4.90 Å². The molecule has 3 rings (SSSR count). The molecule has 2 fully saturated rings. The third-order valence-corrected chi connectivity index (χ3v) is 5.23. The molecule has 7 heteroatoms. The first-order valence-corrected chi connectivity index (χ1v) is 8.31. The molecule has 2 unspecified atom stereocenters. The number of aliphatic carboxylic acids is 1. The smallest absolute Gasteiger partial charge is 0.329 e. The lowest BCUT2D eigenvalue weighted by Gasteiger charge is -2.33. The van der Waals surface area contributed by atoms with Crippen molar-refractivity contribution in [1.29, 1.82) is 0 Å². The zero-order chi connectivity index (χ0) is 17.5. The molecule has 2 aliphatic rings. The molecule has 24 heavy (non-hydrogen) atoms. The molecule has 6 nitrogen and oxygen atoms in total. The fourth-order valence-corrected chi connectivity index (χ4v) is 3.63. The third kappa shape index (κ3) is 2.75. The van der Waals surface area contributed by atoms with E-state index in [1.807, 2.05) is 0 Å². The van der Waals surface area contributed by atoms with Crippen molar-refractivity contribution < 1.29 is 19.5 Å². The van der Waals surface area contributed by atoms with Gasteiger partial charge in [0.15, 0.2) is 0 Å². The molecule has 0 aliphatic carbocycles. The van der Waals surface area contributed by atoms with Gasteiger partial charge in [0.05, 0.1) is 5.92 Å². The van der Waals surface area contributed by atoms with Crippen LogP contribution in [0.3, 0.4) is 0 Å². The number of carbonyl (C=O) groups is 3. The van der Waals surface area contributed by atoms with E-state index < -0.39 is 17.4 Å². The van der Waals surface area contributed by atoms with E-state index in [1.165, 1.54) is 4.90 Å². The van der Waals surface area contributed by atoms with E-state index in [-0.39, 0.29) is 24.8 Å². The number of benzene rings is 1. The highest BCUT2D eigenvalue weighted by Crippen LogP contribution is 2.34.